The molecule has 4 aliphatic carbocycles. The molecular formula is C20H28O. The highest BCUT2D eigenvalue weighted by atomic mass is 16.3. The van der Waals surface area contributed by atoms with Crippen LogP contribution in [0.5, 0.6) is 0 Å². The normalized spacial score (nSPS) is 45.0. The van der Waals surface area contributed by atoms with Gasteiger partial charge in [-0.3, -0.25) is 0 Å². The molecule has 0 radical (unpaired) electrons. The van der Waals surface area contributed by atoms with Crippen molar-refractivity contribution in [2.24, 2.45) is 29.1 Å². The van der Waals surface area contributed by atoms with Crippen molar-refractivity contribution in [3.8, 4) is 0 Å². The van der Waals surface area contributed by atoms with E-state index in [1.54, 1.807) is 11.1 Å². The van der Waals surface area contributed by atoms with Crippen molar-refractivity contribution in [2.75, 3.05) is 6.61 Å². The molecule has 0 spiro atoms. The molecule has 0 aromatic heterocycles. The fraction of sp³-hybridized carbons (Fsp3) is 0.700. The largest absolute Gasteiger partial charge is 0.396 e. The van der Waals surface area contributed by atoms with E-state index in [2.05, 4.69) is 24.8 Å². The molecule has 2 saturated carbocycles. The predicted octanol–water partition coefficient (Wildman–Crippen LogP) is 4.64. The second-order valence-corrected chi connectivity index (χ2v) is 7.77. The summed E-state index contributed by atoms with van der Waals surface area (Å²) < 4.78 is 0. The van der Waals surface area contributed by atoms with Gasteiger partial charge in [0, 0.05) is 12.0 Å². The summed E-state index contributed by atoms with van der Waals surface area (Å²) in [5.41, 5.74) is 3.72. The lowest BCUT2D eigenvalue weighted by Gasteiger charge is -2.52. The first-order chi connectivity index (χ1) is 10.3. The third-order valence-corrected chi connectivity index (χ3v) is 7.35. The Balaban J connectivity index is 1.66. The zero-order valence-corrected chi connectivity index (χ0v) is 13.1. The topological polar surface area (TPSA) is 20.2 Å². The van der Waals surface area contributed by atoms with Crippen LogP contribution in [0.3, 0.4) is 0 Å². The zero-order valence-electron chi connectivity index (χ0n) is 13.1. The molecule has 0 aromatic carbocycles. The van der Waals surface area contributed by atoms with Gasteiger partial charge in [-0.05, 0) is 75.0 Å². The summed E-state index contributed by atoms with van der Waals surface area (Å²) in [6, 6.07) is 0. The molecule has 4 rings (SSSR count). The Labute approximate surface area is 128 Å². The Kier molecular flexibility index (Phi) is 3.37. The summed E-state index contributed by atoms with van der Waals surface area (Å²) in [5, 5.41) is 10.2. The monoisotopic (exact) mass is 284 g/mol. The number of hydrogen-bond acceptors (Lipinski definition) is 1. The van der Waals surface area contributed by atoms with Gasteiger partial charge < -0.3 is 5.11 Å². The van der Waals surface area contributed by atoms with Crippen LogP contribution in [0.15, 0.2) is 36.0 Å². The Morgan fingerprint density at radius 2 is 2.05 bits per heavy atom. The average molecular weight is 284 g/mol. The van der Waals surface area contributed by atoms with Crippen molar-refractivity contribution in [2.45, 2.75) is 51.4 Å². The lowest BCUT2D eigenvalue weighted by atomic mass is 9.53. The summed E-state index contributed by atoms with van der Waals surface area (Å²) in [6.45, 7) is 4.45. The minimum Gasteiger partial charge on any atom is -0.396 e. The molecule has 0 aromatic rings. The van der Waals surface area contributed by atoms with Gasteiger partial charge >= 0.3 is 0 Å². The molecule has 0 heterocycles. The van der Waals surface area contributed by atoms with E-state index in [9.17, 15) is 5.11 Å². The summed E-state index contributed by atoms with van der Waals surface area (Å²) >= 11 is 0. The Morgan fingerprint density at radius 1 is 1.19 bits per heavy atom. The number of aliphatic hydroxyl groups excluding tert-OH is 1. The van der Waals surface area contributed by atoms with Crippen molar-refractivity contribution in [1.82, 2.24) is 0 Å². The summed E-state index contributed by atoms with van der Waals surface area (Å²) in [4.78, 5) is 0. The maximum absolute atomic E-state index is 10.2. The van der Waals surface area contributed by atoms with E-state index in [0.717, 1.165) is 17.8 Å². The Morgan fingerprint density at radius 3 is 2.86 bits per heavy atom. The highest BCUT2D eigenvalue weighted by Gasteiger charge is 2.56. The van der Waals surface area contributed by atoms with Crippen LogP contribution in [0, 0.1) is 29.1 Å². The third-order valence-electron chi connectivity index (χ3n) is 7.35. The van der Waals surface area contributed by atoms with Gasteiger partial charge in [0.25, 0.3) is 0 Å². The highest BCUT2D eigenvalue weighted by Crippen LogP contribution is 2.63. The van der Waals surface area contributed by atoms with E-state index in [4.69, 9.17) is 0 Å². The molecule has 0 bridgehead atoms. The molecular weight excluding hydrogens is 256 g/mol. The van der Waals surface area contributed by atoms with Crippen molar-refractivity contribution in [3.05, 3.63) is 36.0 Å². The molecule has 0 amide bonds. The maximum Gasteiger partial charge on any atom is 0.0495 e. The minimum absolute atomic E-state index is 0.172. The van der Waals surface area contributed by atoms with Crippen molar-refractivity contribution in [1.29, 1.82) is 0 Å². The molecule has 21 heavy (non-hydrogen) atoms. The first-order valence-corrected chi connectivity index (χ1v) is 8.89. The van der Waals surface area contributed by atoms with Gasteiger partial charge in [0.1, 0.15) is 0 Å². The lowest BCUT2D eigenvalue weighted by Crippen LogP contribution is -2.46. The van der Waals surface area contributed by atoms with E-state index in [1.807, 2.05) is 0 Å². The van der Waals surface area contributed by atoms with E-state index in [1.165, 1.54) is 51.4 Å². The number of allylic oxidation sites excluding steroid dienone is 5. The third kappa shape index (κ3) is 1.86. The molecule has 0 saturated heterocycles. The number of fused-ring (bicyclic) bond motifs is 4. The van der Waals surface area contributed by atoms with Crippen LogP contribution in [0.1, 0.15) is 51.4 Å². The summed E-state index contributed by atoms with van der Waals surface area (Å²) in [7, 11) is 0. The van der Waals surface area contributed by atoms with Crippen LogP contribution in [0.2, 0.25) is 0 Å². The molecule has 1 heteroatoms. The molecule has 0 unspecified atom stereocenters. The van der Waals surface area contributed by atoms with Crippen molar-refractivity contribution in [3.63, 3.8) is 0 Å². The average Bonchev–Trinajstić information content (AvgIpc) is 2.93. The maximum atomic E-state index is 10.2. The standard InChI is InChI=1S/C20H28O/c1-2-15-8-10-19-18-9-7-14-5-3-4-6-16(14)17(18)11-12-20(15,19)13-21/h2-4,15,17-19,21H,1,5-13H2/t15-,17-,18-,19+,20+/m1/s1. The molecule has 4 aliphatic rings. The SMILES string of the molecule is C=C[C@@H]1CC[C@H]2[C@@H]3CCC4=C(CC=CC4)[C@H]3CC[C@]12CO. The van der Waals surface area contributed by atoms with Crippen LogP contribution in [0.25, 0.3) is 0 Å². The van der Waals surface area contributed by atoms with Crippen LogP contribution < -0.4 is 0 Å². The van der Waals surface area contributed by atoms with E-state index >= 15 is 0 Å². The number of aliphatic hydroxyl groups is 1. The van der Waals surface area contributed by atoms with Crippen LogP contribution in [-0.4, -0.2) is 11.7 Å². The number of rotatable bonds is 2. The fourth-order valence-corrected chi connectivity index (χ4v) is 6.37. The van der Waals surface area contributed by atoms with Crippen LogP contribution in [0.4, 0.5) is 0 Å². The first-order valence-electron chi connectivity index (χ1n) is 8.89. The minimum atomic E-state index is 0.172. The second kappa shape index (κ2) is 5.12. The van der Waals surface area contributed by atoms with Crippen molar-refractivity contribution >= 4 is 0 Å². The van der Waals surface area contributed by atoms with Crippen molar-refractivity contribution < 1.29 is 5.11 Å². The van der Waals surface area contributed by atoms with Gasteiger partial charge in [-0.25, -0.2) is 0 Å². The van der Waals surface area contributed by atoms with Gasteiger partial charge in [0.05, 0.1) is 0 Å². The molecule has 1 N–H and O–H groups in total. The molecule has 114 valence electrons. The van der Waals surface area contributed by atoms with Gasteiger partial charge in [0.15, 0.2) is 0 Å². The number of hydrogen-bond donors (Lipinski definition) is 1. The quantitative estimate of drug-likeness (QED) is 0.732. The summed E-state index contributed by atoms with van der Waals surface area (Å²) in [5.74, 6) is 2.95. The first kappa shape index (κ1) is 13.8. The summed E-state index contributed by atoms with van der Waals surface area (Å²) in [6.07, 6.45) is 17.1. The van der Waals surface area contributed by atoms with Gasteiger partial charge in [0.2, 0.25) is 0 Å². The van der Waals surface area contributed by atoms with Crippen LogP contribution >= 0.6 is 0 Å². The van der Waals surface area contributed by atoms with E-state index < -0.39 is 0 Å². The van der Waals surface area contributed by atoms with Gasteiger partial charge in [-0.1, -0.05) is 29.4 Å². The van der Waals surface area contributed by atoms with Gasteiger partial charge in [-0.2, -0.15) is 0 Å². The van der Waals surface area contributed by atoms with Gasteiger partial charge in [-0.15, -0.1) is 6.58 Å². The highest BCUT2D eigenvalue weighted by molar-refractivity contribution is 5.31. The zero-order chi connectivity index (χ0) is 14.4. The van der Waals surface area contributed by atoms with E-state index in [0.29, 0.717) is 12.5 Å². The van der Waals surface area contributed by atoms with E-state index in [-0.39, 0.29) is 5.41 Å². The molecule has 1 nitrogen and oxygen atoms in total. The fourth-order valence-electron chi connectivity index (χ4n) is 6.37. The Bertz CT molecular complexity index is 500. The lowest BCUT2D eigenvalue weighted by molar-refractivity contribution is -0.0316. The second-order valence-electron chi connectivity index (χ2n) is 7.77. The molecule has 2 fully saturated rings. The van der Waals surface area contributed by atoms with Crippen LogP contribution in [-0.2, 0) is 0 Å². The predicted molar refractivity (Wildman–Crippen MR) is 86.8 cm³/mol. The smallest absolute Gasteiger partial charge is 0.0495 e. The molecule has 5 atom stereocenters. The molecule has 0 aliphatic heterocycles. The Hall–Kier alpha value is -0.820.